The molecule has 0 aromatic rings. The third-order valence-corrected chi connectivity index (χ3v) is 11.7. The van der Waals surface area contributed by atoms with Crippen molar-refractivity contribution in [3.8, 4) is 0 Å². The molecule has 0 amide bonds. The van der Waals surface area contributed by atoms with Crippen molar-refractivity contribution < 1.29 is 15.3 Å². The van der Waals surface area contributed by atoms with Gasteiger partial charge >= 0.3 is 0 Å². The number of allylic oxidation sites excluding steroid dienone is 1. The van der Waals surface area contributed by atoms with E-state index in [4.69, 9.17) is 0 Å². The van der Waals surface area contributed by atoms with E-state index in [1.807, 2.05) is 6.08 Å². The van der Waals surface area contributed by atoms with Crippen LogP contribution in [0.2, 0.25) is 0 Å². The van der Waals surface area contributed by atoms with Crippen molar-refractivity contribution in [1.29, 1.82) is 0 Å². The zero-order chi connectivity index (χ0) is 24.6. The highest BCUT2D eigenvalue weighted by molar-refractivity contribution is 5.32. The summed E-state index contributed by atoms with van der Waals surface area (Å²) in [5, 5.41) is 33.1. The van der Waals surface area contributed by atoms with Gasteiger partial charge in [-0.2, -0.15) is 0 Å². The molecule has 3 nitrogen and oxygen atoms in total. The molecule has 0 saturated heterocycles. The molecule has 0 bridgehead atoms. The molecule has 33 heavy (non-hydrogen) atoms. The van der Waals surface area contributed by atoms with Crippen LogP contribution in [0.15, 0.2) is 23.3 Å². The summed E-state index contributed by atoms with van der Waals surface area (Å²) < 4.78 is 0. The maximum absolute atomic E-state index is 11.7. The second-order valence-electron chi connectivity index (χ2n) is 14.0. The largest absolute Gasteiger partial charge is 0.392 e. The fourth-order valence-electron chi connectivity index (χ4n) is 9.72. The van der Waals surface area contributed by atoms with Gasteiger partial charge in [-0.1, -0.05) is 64.8 Å². The quantitative estimate of drug-likeness (QED) is 0.435. The average molecular weight is 459 g/mol. The molecule has 0 aromatic heterocycles. The Balaban J connectivity index is 1.68. The first-order chi connectivity index (χ1) is 15.2. The van der Waals surface area contributed by atoms with E-state index in [1.54, 1.807) is 0 Å². The standard InChI is InChI=1S/C30H50O3/c1-18(2)15-20(31)16-19(3)21-11-12-30(8)26-24(32)17-23-22(9-10-25(33)27(23,4)5)28(26,6)13-14-29(21,30)7/h15,17,19-22,24-26,31-33H,9-14,16H2,1-8H3/t19-,20+,21-,22-,24+,25+,26-,28+,29-,30+/m1/s1. The molecule has 0 unspecified atom stereocenters. The molecule has 4 aliphatic carbocycles. The number of hydrogen-bond donors (Lipinski definition) is 3. The lowest BCUT2D eigenvalue weighted by molar-refractivity contribution is -0.177. The molecule has 0 radical (unpaired) electrons. The van der Waals surface area contributed by atoms with Gasteiger partial charge in [0.2, 0.25) is 0 Å². The van der Waals surface area contributed by atoms with Crippen LogP contribution in [-0.4, -0.2) is 33.6 Å². The summed E-state index contributed by atoms with van der Waals surface area (Å²) in [5.74, 6) is 1.75. The van der Waals surface area contributed by atoms with Crippen LogP contribution in [0.3, 0.4) is 0 Å². The number of hydrogen-bond acceptors (Lipinski definition) is 3. The van der Waals surface area contributed by atoms with Gasteiger partial charge in [-0.3, -0.25) is 0 Å². The molecule has 3 fully saturated rings. The van der Waals surface area contributed by atoms with Crippen molar-refractivity contribution in [2.45, 2.75) is 119 Å². The topological polar surface area (TPSA) is 60.7 Å². The Morgan fingerprint density at radius 3 is 2.30 bits per heavy atom. The SMILES string of the molecule is CC(C)=C[C@H](O)C[C@@H](C)[C@H]1CC[C@@]2(C)[C@@H]3[C@@H](O)C=C4[C@@H](CC[C@H](O)C4(C)C)[C@]3(C)CC[C@]12C. The van der Waals surface area contributed by atoms with E-state index in [-0.39, 0.29) is 39.8 Å². The predicted molar refractivity (Wildman–Crippen MR) is 136 cm³/mol. The molecule has 4 aliphatic rings. The first-order valence-electron chi connectivity index (χ1n) is 13.6. The van der Waals surface area contributed by atoms with Crippen molar-refractivity contribution in [3.63, 3.8) is 0 Å². The molecular formula is C30H50O3. The highest BCUT2D eigenvalue weighted by Gasteiger charge is 2.69. The third-order valence-electron chi connectivity index (χ3n) is 11.7. The van der Waals surface area contributed by atoms with Crippen molar-refractivity contribution in [3.05, 3.63) is 23.3 Å². The summed E-state index contributed by atoms with van der Waals surface area (Å²) in [5.41, 5.74) is 2.58. The fraction of sp³-hybridized carbons (Fsp3) is 0.867. The Labute approximate surface area is 202 Å². The van der Waals surface area contributed by atoms with Crippen molar-refractivity contribution in [2.75, 3.05) is 0 Å². The van der Waals surface area contributed by atoms with Gasteiger partial charge in [0.1, 0.15) is 0 Å². The second kappa shape index (κ2) is 8.20. The number of rotatable bonds is 4. The van der Waals surface area contributed by atoms with Crippen molar-refractivity contribution >= 4 is 0 Å². The summed E-state index contributed by atoms with van der Waals surface area (Å²) in [6, 6.07) is 0. The van der Waals surface area contributed by atoms with Crippen LogP contribution < -0.4 is 0 Å². The van der Waals surface area contributed by atoms with E-state index in [2.05, 4.69) is 61.5 Å². The minimum Gasteiger partial charge on any atom is -0.392 e. The monoisotopic (exact) mass is 458 g/mol. The van der Waals surface area contributed by atoms with E-state index >= 15 is 0 Å². The van der Waals surface area contributed by atoms with Gasteiger partial charge in [-0.15, -0.1) is 0 Å². The van der Waals surface area contributed by atoms with Crippen molar-refractivity contribution in [1.82, 2.24) is 0 Å². The molecule has 0 heterocycles. The third kappa shape index (κ3) is 3.62. The Morgan fingerprint density at radius 2 is 1.67 bits per heavy atom. The van der Waals surface area contributed by atoms with Crippen LogP contribution >= 0.6 is 0 Å². The number of aliphatic hydroxyl groups is 3. The molecule has 3 saturated carbocycles. The molecule has 0 aromatic carbocycles. The summed E-state index contributed by atoms with van der Waals surface area (Å²) in [6.07, 6.45) is 10.5. The Morgan fingerprint density at radius 1 is 1.00 bits per heavy atom. The summed E-state index contributed by atoms with van der Waals surface area (Å²) in [4.78, 5) is 0. The predicted octanol–water partition coefficient (Wildman–Crippen LogP) is 6.28. The summed E-state index contributed by atoms with van der Waals surface area (Å²) >= 11 is 0. The van der Waals surface area contributed by atoms with Crippen LogP contribution in [0.5, 0.6) is 0 Å². The van der Waals surface area contributed by atoms with Gasteiger partial charge in [0, 0.05) is 11.3 Å². The number of fused-ring (bicyclic) bond motifs is 5. The lowest BCUT2D eigenvalue weighted by Gasteiger charge is -2.66. The molecule has 3 heteroatoms. The van der Waals surface area contributed by atoms with Crippen LogP contribution in [0, 0.1) is 45.3 Å². The smallest absolute Gasteiger partial charge is 0.0762 e. The summed E-state index contributed by atoms with van der Waals surface area (Å²) in [7, 11) is 0. The zero-order valence-electron chi connectivity index (χ0n) is 22.5. The lowest BCUT2D eigenvalue weighted by Crippen LogP contribution is -2.62. The van der Waals surface area contributed by atoms with Crippen LogP contribution in [0.1, 0.15) is 100 Å². The Kier molecular flexibility index (Phi) is 6.33. The maximum atomic E-state index is 11.7. The van der Waals surface area contributed by atoms with Gasteiger partial charge in [0.25, 0.3) is 0 Å². The average Bonchev–Trinajstić information content (AvgIpc) is 2.96. The second-order valence-corrected chi connectivity index (χ2v) is 14.0. The van der Waals surface area contributed by atoms with Crippen LogP contribution in [-0.2, 0) is 0 Å². The van der Waals surface area contributed by atoms with Gasteiger partial charge in [-0.05, 0) is 92.8 Å². The van der Waals surface area contributed by atoms with Gasteiger partial charge in [-0.25, -0.2) is 0 Å². The normalized spacial score (nSPS) is 48.1. The lowest BCUT2D eigenvalue weighted by atomic mass is 9.38. The molecule has 3 N–H and O–H groups in total. The Hall–Kier alpha value is -0.640. The Bertz CT molecular complexity index is 822. The highest BCUT2D eigenvalue weighted by atomic mass is 16.3. The number of aliphatic hydroxyl groups excluding tert-OH is 3. The first kappa shape index (κ1) is 25.5. The summed E-state index contributed by atoms with van der Waals surface area (Å²) in [6.45, 7) is 18.3. The zero-order valence-corrected chi connectivity index (χ0v) is 22.5. The van der Waals surface area contributed by atoms with E-state index in [0.717, 1.165) is 32.1 Å². The van der Waals surface area contributed by atoms with Crippen molar-refractivity contribution in [2.24, 2.45) is 45.3 Å². The molecule has 4 rings (SSSR count). The fourth-order valence-corrected chi connectivity index (χ4v) is 9.72. The molecule has 188 valence electrons. The van der Waals surface area contributed by atoms with Gasteiger partial charge in [0.05, 0.1) is 18.3 Å². The molecule has 10 atom stereocenters. The van der Waals surface area contributed by atoms with Crippen LogP contribution in [0.25, 0.3) is 0 Å². The van der Waals surface area contributed by atoms with E-state index in [1.165, 1.54) is 24.0 Å². The minimum absolute atomic E-state index is 0.0782. The van der Waals surface area contributed by atoms with Gasteiger partial charge < -0.3 is 15.3 Å². The van der Waals surface area contributed by atoms with E-state index < -0.39 is 6.10 Å². The van der Waals surface area contributed by atoms with Gasteiger partial charge in [0.15, 0.2) is 0 Å². The maximum Gasteiger partial charge on any atom is 0.0762 e. The highest BCUT2D eigenvalue weighted by Crippen LogP contribution is 2.74. The molecule has 0 aliphatic heterocycles. The molecule has 0 spiro atoms. The first-order valence-corrected chi connectivity index (χ1v) is 13.6. The minimum atomic E-state index is -0.444. The van der Waals surface area contributed by atoms with Crippen LogP contribution in [0.4, 0.5) is 0 Å². The van der Waals surface area contributed by atoms with E-state index in [9.17, 15) is 15.3 Å². The van der Waals surface area contributed by atoms with E-state index in [0.29, 0.717) is 17.8 Å². The molecular weight excluding hydrogens is 408 g/mol.